The smallest absolute Gasteiger partial charge is 0.374 e. The number of hydrogen-bond acceptors (Lipinski definition) is 4. The van der Waals surface area contributed by atoms with Gasteiger partial charge in [-0.05, 0) is 18.8 Å². The Kier molecular flexibility index (Phi) is 6.09. The van der Waals surface area contributed by atoms with Crippen LogP contribution in [0, 0.1) is 5.92 Å². The predicted octanol–water partition coefficient (Wildman–Crippen LogP) is 1.88. The van der Waals surface area contributed by atoms with Crippen molar-refractivity contribution in [1.82, 2.24) is 9.96 Å². The molecule has 1 aliphatic rings. The van der Waals surface area contributed by atoms with E-state index in [1.807, 2.05) is 0 Å². The zero-order valence-corrected chi connectivity index (χ0v) is 12.9. The average Bonchev–Trinajstić information content (AvgIpc) is 2.30. The summed E-state index contributed by atoms with van der Waals surface area (Å²) in [4.78, 5) is 7.08. The van der Waals surface area contributed by atoms with Crippen molar-refractivity contribution in [3.63, 3.8) is 0 Å². The van der Waals surface area contributed by atoms with Crippen molar-refractivity contribution in [3.8, 4) is 0 Å². The minimum Gasteiger partial charge on any atom is -0.374 e. The van der Waals surface area contributed by atoms with Gasteiger partial charge in [-0.25, -0.2) is 0 Å². The fourth-order valence-electron chi connectivity index (χ4n) is 2.52. The maximum absolute atomic E-state index is 5.64. The summed E-state index contributed by atoms with van der Waals surface area (Å²) in [7, 11) is 1.02. The molecule has 0 heterocycles. The van der Waals surface area contributed by atoms with Crippen molar-refractivity contribution < 1.29 is 8.85 Å². The van der Waals surface area contributed by atoms with Crippen LogP contribution >= 0.6 is 0 Å². The van der Waals surface area contributed by atoms with Crippen molar-refractivity contribution >= 4 is 8.88 Å². The molecule has 0 amide bonds. The van der Waals surface area contributed by atoms with E-state index in [4.69, 9.17) is 8.85 Å². The van der Waals surface area contributed by atoms with Gasteiger partial charge >= 0.3 is 8.88 Å². The quantitative estimate of drug-likeness (QED) is 0.716. The zero-order chi connectivity index (χ0) is 12.9. The van der Waals surface area contributed by atoms with Crippen LogP contribution in [-0.2, 0) is 8.85 Å². The monoisotopic (exact) mass is 260 g/mol. The third kappa shape index (κ3) is 4.33. The van der Waals surface area contributed by atoms with E-state index in [0.29, 0.717) is 18.0 Å². The molecule has 0 spiro atoms. The first-order valence-electron chi connectivity index (χ1n) is 6.68. The van der Waals surface area contributed by atoms with Crippen LogP contribution in [-0.4, -0.2) is 35.2 Å². The van der Waals surface area contributed by atoms with Gasteiger partial charge in [0, 0.05) is 26.3 Å². The Balaban J connectivity index is 2.63. The highest BCUT2D eigenvalue weighted by Gasteiger charge is 2.41. The first-order chi connectivity index (χ1) is 8.03. The Hall–Kier alpha value is 0.0569. The summed E-state index contributed by atoms with van der Waals surface area (Å²) in [5.41, 5.74) is 0. The zero-order valence-electron chi connectivity index (χ0n) is 11.9. The number of nitrogens with one attached hydrogen (secondary N) is 2. The highest BCUT2D eigenvalue weighted by molar-refractivity contribution is 6.62. The first-order valence-corrected chi connectivity index (χ1v) is 8.50. The Labute approximate surface area is 107 Å². The molecule has 2 unspecified atom stereocenters. The molecule has 0 aliphatic heterocycles. The van der Waals surface area contributed by atoms with Gasteiger partial charge in [0.25, 0.3) is 0 Å². The summed E-state index contributed by atoms with van der Waals surface area (Å²) in [5, 5.41) is 0. The molecule has 0 bridgehead atoms. The molecule has 17 heavy (non-hydrogen) atoms. The Morgan fingerprint density at radius 2 is 1.71 bits per heavy atom. The molecule has 2 N–H and O–H groups in total. The standard InChI is InChI=1S/C12H28N2O2Si/c1-10(2)13-17(15-4,16-5)14-12-9-7-6-8-11(12)3/h10-14H,6-9H2,1-5H3. The molecule has 1 fully saturated rings. The van der Waals surface area contributed by atoms with Crippen LogP contribution in [0.4, 0.5) is 0 Å². The Morgan fingerprint density at radius 1 is 1.12 bits per heavy atom. The summed E-state index contributed by atoms with van der Waals surface area (Å²) in [6.07, 6.45) is 5.19. The molecule has 0 aromatic carbocycles. The van der Waals surface area contributed by atoms with Gasteiger partial charge in [-0.15, -0.1) is 0 Å². The summed E-state index contributed by atoms with van der Waals surface area (Å²) >= 11 is 0. The third-order valence-electron chi connectivity index (χ3n) is 3.54. The maximum Gasteiger partial charge on any atom is 0.516 e. The van der Waals surface area contributed by atoms with Crippen LogP contribution in [0.2, 0.25) is 0 Å². The third-order valence-corrected chi connectivity index (χ3v) is 6.40. The van der Waals surface area contributed by atoms with E-state index in [0.717, 1.165) is 0 Å². The van der Waals surface area contributed by atoms with Crippen LogP contribution in [0.25, 0.3) is 0 Å². The molecule has 2 atom stereocenters. The van der Waals surface area contributed by atoms with Crippen LogP contribution in [0.5, 0.6) is 0 Å². The summed E-state index contributed by atoms with van der Waals surface area (Å²) in [5.74, 6) is 0.704. The second-order valence-electron chi connectivity index (χ2n) is 5.34. The predicted molar refractivity (Wildman–Crippen MR) is 72.6 cm³/mol. The van der Waals surface area contributed by atoms with Crippen molar-refractivity contribution in [2.24, 2.45) is 5.92 Å². The minimum atomic E-state index is -2.44. The molecular weight excluding hydrogens is 232 g/mol. The molecule has 0 saturated heterocycles. The van der Waals surface area contributed by atoms with Gasteiger partial charge in [0.15, 0.2) is 0 Å². The van der Waals surface area contributed by atoms with Gasteiger partial charge in [0.2, 0.25) is 0 Å². The lowest BCUT2D eigenvalue weighted by Crippen LogP contribution is -2.71. The second kappa shape index (κ2) is 6.85. The lowest BCUT2D eigenvalue weighted by atomic mass is 9.87. The van der Waals surface area contributed by atoms with Crippen molar-refractivity contribution in [1.29, 1.82) is 0 Å². The summed E-state index contributed by atoms with van der Waals surface area (Å²) < 4.78 is 11.3. The van der Waals surface area contributed by atoms with Gasteiger partial charge in [-0.1, -0.05) is 33.6 Å². The van der Waals surface area contributed by atoms with E-state index < -0.39 is 8.88 Å². The van der Waals surface area contributed by atoms with E-state index in [-0.39, 0.29) is 0 Å². The highest BCUT2D eigenvalue weighted by Crippen LogP contribution is 2.24. The number of rotatable bonds is 6. The molecule has 0 aromatic rings. The molecule has 0 aromatic heterocycles. The van der Waals surface area contributed by atoms with Crippen LogP contribution in [0.3, 0.4) is 0 Å². The molecule has 5 heteroatoms. The van der Waals surface area contributed by atoms with Crippen molar-refractivity contribution in [2.45, 2.75) is 58.5 Å². The summed E-state index contributed by atoms with van der Waals surface area (Å²) in [6.45, 7) is 6.55. The largest absolute Gasteiger partial charge is 0.516 e. The lowest BCUT2D eigenvalue weighted by molar-refractivity contribution is 0.184. The summed E-state index contributed by atoms with van der Waals surface area (Å²) in [6, 6.07) is 0.870. The Morgan fingerprint density at radius 3 is 2.18 bits per heavy atom. The van der Waals surface area contributed by atoms with Crippen LogP contribution < -0.4 is 9.96 Å². The van der Waals surface area contributed by atoms with Gasteiger partial charge < -0.3 is 8.85 Å². The van der Waals surface area contributed by atoms with Crippen molar-refractivity contribution in [3.05, 3.63) is 0 Å². The maximum atomic E-state index is 5.64. The van der Waals surface area contributed by atoms with Crippen molar-refractivity contribution in [2.75, 3.05) is 14.2 Å². The fraction of sp³-hybridized carbons (Fsp3) is 1.00. The number of hydrogen-bond donors (Lipinski definition) is 2. The van der Waals surface area contributed by atoms with Gasteiger partial charge in [-0.2, -0.15) is 0 Å². The highest BCUT2D eigenvalue weighted by atomic mass is 28.4. The van der Waals surface area contributed by atoms with Crippen LogP contribution in [0.15, 0.2) is 0 Å². The molecule has 102 valence electrons. The van der Waals surface area contributed by atoms with E-state index in [1.165, 1.54) is 25.7 Å². The normalized spacial score (nSPS) is 26.5. The van der Waals surface area contributed by atoms with Gasteiger partial charge in [-0.3, -0.25) is 9.96 Å². The topological polar surface area (TPSA) is 42.5 Å². The second-order valence-corrected chi connectivity index (χ2v) is 7.96. The van der Waals surface area contributed by atoms with E-state index in [9.17, 15) is 0 Å². The van der Waals surface area contributed by atoms with Gasteiger partial charge in [0.1, 0.15) is 0 Å². The minimum absolute atomic E-state index is 0.355. The van der Waals surface area contributed by atoms with E-state index in [2.05, 4.69) is 30.7 Å². The first kappa shape index (κ1) is 15.1. The van der Waals surface area contributed by atoms with E-state index in [1.54, 1.807) is 14.2 Å². The van der Waals surface area contributed by atoms with Gasteiger partial charge in [0.05, 0.1) is 0 Å². The molecule has 4 nitrogen and oxygen atoms in total. The molecule has 1 rings (SSSR count). The lowest BCUT2D eigenvalue weighted by Gasteiger charge is -2.37. The van der Waals surface area contributed by atoms with E-state index >= 15 is 0 Å². The average molecular weight is 260 g/mol. The molecular formula is C12H28N2O2Si. The molecule has 1 saturated carbocycles. The SMILES string of the molecule is CO[Si](NC(C)C)(NC1CCCCC1C)OC. The van der Waals surface area contributed by atoms with Crippen LogP contribution in [0.1, 0.15) is 46.5 Å². The molecule has 1 aliphatic carbocycles. The Bertz CT molecular complexity index is 223. The fourth-order valence-corrected chi connectivity index (χ4v) is 4.91. The molecule has 0 radical (unpaired) electrons.